The van der Waals surface area contributed by atoms with Crippen LogP contribution < -0.4 is 5.32 Å². The lowest BCUT2D eigenvalue weighted by atomic mass is 10.3. The molecule has 5 heteroatoms. The zero-order chi connectivity index (χ0) is 12.8. The van der Waals surface area contributed by atoms with Gasteiger partial charge in [0.05, 0.1) is 11.8 Å². The van der Waals surface area contributed by atoms with Crippen molar-refractivity contribution in [2.75, 3.05) is 26.2 Å². The van der Waals surface area contributed by atoms with Crippen LogP contribution in [-0.2, 0) is 9.59 Å². The third-order valence-electron chi connectivity index (χ3n) is 3.29. The minimum Gasteiger partial charge on any atom is -0.481 e. The SMILES string of the molecule is CCN(CC)CCCNC(=O)[C@@H]1C[C@@H]1C(=O)O. The Morgan fingerprint density at radius 1 is 1.29 bits per heavy atom. The van der Waals surface area contributed by atoms with Crippen molar-refractivity contribution in [3.8, 4) is 0 Å². The Morgan fingerprint density at radius 2 is 1.94 bits per heavy atom. The summed E-state index contributed by atoms with van der Waals surface area (Å²) in [6, 6.07) is 0. The van der Waals surface area contributed by atoms with E-state index in [4.69, 9.17) is 5.11 Å². The minimum absolute atomic E-state index is 0.100. The van der Waals surface area contributed by atoms with E-state index in [1.807, 2.05) is 0 Å². The lowest BCUT2D eigenvalue weighted by Crippen LogP contribution is -2.31. The highest BCUT2D eigenvalue weighted by Gasteiger charge is 2.48. The van der Waals surface area contributed by atoms with Gasteiger partial charge >= 0.3 is 5.97 Å². The zero-order valence-electron chi connectivity index (χ0n) is 10.6. The molecule has 1 aliphatic rings. The zero-order valence-corrected chi connectivity index (χ0v) is 10.6. The second kappa shape index (κ2) is 6.59. The van der Waals surface area contributed by atoms with Crippen molar-refractivity contribution in [1.29, 1.82) is 0 Å². The summed E-state index contributed by atoms with van der Waals surface area (Å²) < 4.78 is 0. The number of carbonyl (C=O) groups is 2. The van der Waals surface area contributed by atoms with Crippen LogP contribution in [-0.4, -0.2) is 48.1 Å². The van der Waals surface area contributed by atoms with Gasteiger partial charge in [-0.3, -0.25) is 9.59 Å². The topological polar surface area (TPSA) is 69.6 Å². The van der Waals surface area contributed by atoms with Gasteiger partial charge in [-0.15, -0.1) is 0 Å². The lowest BCUT2D eigenvalue weighted by Gasteiger charge is -2.17. The molecule has 0 bridgehead atoms. The van der Waals surface area contributed by atoms with Crippen molar-refractivity contribution in [3.05, 3.63) is 0 Å². The monoisotopic (exact) mass is 242 g/mol. The molecule has 2 atom stereocenters. The first-order valence-electron chi connectivity index (χ1n) is 6.33. The quantitative estimate of drug-likeness (QED) is 0.610. The molecule has 0 saturated heterocycles. The molecule has 0 aromatic carbocycles. The first kappa shape index (κ1) is 14.0. The van der Waals surface area contributed by atoms with E-state index in [9.17, 15) is 9.59 Å². The smallest absolute Gasteiger partial charge is 0.307 e. The second-order valence-corrected chi connectivity index (χ2v) is 4.46. The fourth-order valence-electron chi connectivity index (χ4n) is 1.94. The highest BCUT2D eigenvalue weighted by atomic mass is 16.4. The summed E-state index contributed by atoms with van der Waals surface area (Å²) in [4.78, 5) is 24.4. The Bertz CT molecular complexity index is 277. The highest BCUT2D eigenvalue weighted by Crippen LogP contribution is 2.38. The molecule has 98 valence electrons. The van der Waals surface area contributed by atoms with Crippen molar-refractivity contribution in [1.82, 2.24) is 10.2 Å². The molecule has 2 N–H and O–H groups in total. The molecule has 0 aromatic rings. The van der Waals surface area contributed by atoms with Crippen LogP contribution in [0.1, 0.15) is 26.7 Å². The summed E-state index contributed by atoms with van der Waals surface area (Å²) in [5.74, 6) is -1.69. The number of carboxylic acid groups (broad SMARTS) is 1. The number of hydrogen-bond donors (Lipinski definition) is 2. The van der Waals surface area contributed by atoms with Gasteiger partial charge in [0, 0.05) is 6.54 Å². The van der Waals surface area contributed by atoms with Gasteiger partial charge in [-0.05, 0) is 32.5 Å². The fraction of sp³-hybridized carbons (Fsp3) is 0.833. The molecule has 1 saturated carbocycles. The summed E-state index contributed by atoms with van der Waals surface area (Å²) >= 11 is 0. The van der Waals surface area contributed by atoms with E-state index in [0.29, 0.717) is 13.0 Å². The average molecular weight is 242 g/mol. The normalized spacial score (nSPS) is 22.5. The van der Waals surface area contributed by atoms with E-state index in [-0.39, 0.29) is 11.8 Å². The largest absolute Gasteiger partial charge is 0.481 e. The van der Waals surface area contributed by atoms with Gasteiger partial charge in [0.1, 0.15) is 0 Å². The molecule has 0 aliphatic heterocycles. The summed E-state index contributed by atoms with van der Waals surface area (Å²) in [7, 11) is 0. The molecule has 0 unspecified atom stereocenters. The minimum atomic E-state index is -0.853. The maximum atomic E-state index is 11.5. The van der Waals surface area contributed by atoms with Gasteiger partial charge in [-0.1, -0.05) is 13.8 Å². The van der Waals surface area contributed by atoms with E-state index in [1.165, 1.54) is 0 Å². The standard InChI is InChI=1S/C12H22N2O3/c1-3-14(4-2)7-5-6-13-11(15)9-8-10(9)12(16)17/h9-10H,3-8H2,1-2H3,(H,13,15)(H,16,17)/t9-,10+/m1/s1. The fourth-order valence-corrected chi connectivity index (χ4v) is 1.94. The number of nitrogens with zero attached hydrogens (tertiary/aromatic N) is 1. The Hall–Kier alpha value is -1.10. The molecular weight excluding hydrogens is 220 g/mol. The second-order valence-electron chi connectivity index (χ2n) is 4.46. The van der Waals surface area contributed by atoms with Crippen molar-refractivity contribution in [2.45, 2.75) is 26.7 Å². The van der Waals surface area contributed by atoms with Gasteiger partial charge in [0.2, 0.25) is 5.91 Å². The molecule has 1 aliphatic carbocycles. The van der Waals surface area contributed by atoms with E-state index in [1.54, 1.807) is 0 Å². The van der Waals surface area contributed by atoms with Gasteiger partial charge < -0.3 is 15.3 Å². The van der Waals surface area contributed by atoms with Crippen molar-refractivity contribution >= 4 is 11.9 Å². The molecule has 0 heterocycles. The van der Waals surface area contributed by atoms with E-state index in [2.05, 4.69) is 24.1 Å². The lowest BCUT2D eigenvalue weighted by molar-refractivity contribution is -0.140. The maximum absolute atomic E-state index is 11.5. The predicted molar refractivity (Wildman–Crippen MR) is 64.6 cm³/mol. The summed E-state index contributed by atoms with van der Waals surface area (Å²) in [5, 5.41) is 11.5. The Morgan fingerprint density at radius 3 is 2.41 bits per heavy atom. The van der Waals surface area contributed by atoms with E-state index < -0.39 is 11.9 Å². The van der Waals surface area contributed by atoms with Crippen LogP contribution in [0.2, 0.25) is 0 Å². The predicted octanol–water partition coefficient (Wildman–Crippen LogP) is 0.555. The third-order valence-corrected chi connectivity index (χ3v) is 3.29. The summed E-state index contributed by atoms with van der Waals surface area (Å²) in [5.41, 5.74) is 0. The molecule has 1 fully saturated rings. The third kappa shape index (κ3) is 4.34. The highest BCUT2D eigenvalue weighted by molar-refractivity contribution is 5.89. The van der Waals surface area contributed by atoms with Gasteiger partial charge in [0.15, 0.2) is 0 Å². The van der Waals surface area contributed by atoms with Crippen LogP contribution in [0.15, 0.2) is 0 Å². The van der Waals surface area contributed by atoms with Gasteiger partial charge in [0.25, 0.3) is 0 Å². The van der Waals surface area contributed by atoms with E-state index >= 15 is 0 Å². The molecule has 5 nitrogen and oxygen atoms in total. The first-order valence-corrected chi connectivity index (χ1v) is 6.33. The molecule has 0 aromatic heterocycles. The van der Waals surface area contributed by atoms with Crippen LogP contribution >= 0.6 is 0 Å². The van der Waals surface area contributed by atoms with Crippen molar-refractivity contribution in [3.63, 3.8) is 0 Å². The van der Waals surface area contributed by atoms with Crippen LogP contribution in [0.25, 0.3) is 0 Å². The van der Waals surface area contributed by atoms with Crippen molar-refractivity contribution in [2.24, 2.45) is 11.8 Å². The van der Waals surface area contributed by atoms with E-state index in [0.717, 1.165) is 26.1 Å². The number of nitrogens with one attached hydrogen (secondary N) is 1. The maximum Gasteiger partial charge on any atom is 0.307 e. The number of aliphatic carboxylic acids is 1. The molecular formula is C12H22N2O3. The summed E-state index contributed by atoms with van der Waals surface area (Å²) in [6.45, 7) is 7.88. The number of hydrogen-bond acceptors (Lipinski definition) is 3. The molecule has 1 amide bonds. The Labute approximate surface area is 102 Å². The Kier molecular flexibility index (Phi) is 5.41. The van der Waals surface area contributed by atoms with Crippen LogP contribution in [0.3, 0.4) is 0 Å². The first-order chi connectivity index (χ1) is 8.10. The summed E-state index contributed by atoms with van der Waals surface area (Å²) in [6.07, 6.45) is 1.41. The van der Waals surface area contributed by atoms with Crippen LogP contribution in [0.5, 0.6) is 0 Å². The van der Waals surface area contributed by atoms with Crippen LogP contribution in [0.4, 0.5) is 0 Å². The Balaban J connectivity index is 2.08. The van der Waals surface area contributed by atoms with Gasteiger partial charge in [-0.2, -0.15) is 0 Å². The molecule has 17 heavy (non-hydrogen) atoms. The van der Waals surface area contributed by atoms with Gasteiger partial charge in [-0.25, -0.2) is 0 Å². The molecule has 0 radical (unpaired) electrons. The number of amides is 1. The van der Waals surface area contributed by atoms with Crippen molar-refractivity contribution < 1.29 is 14.7 Å². The average Bonchev–Trinajstić information content (AvgIpc) is 3.09. The number of rotatable bonds is 8. The number of carboxylic acids is 1. The van der Waals surface area contributed by atoms with Crippen LogP contribution in [0, 0.1) is 11.8 Å². The molecule has 1 rings (SSSR count). The molecule has 0 spiro atoms. The number of carbonyl (C=O) groups excluding carboxylic acids is 1.